The highest BCUT2D eigenvalue weighted by Gasteiger charge is 2.21. The van der Waals surface area contributed by atoms with Crippen LogP contribution in [-0.2, 0) is 0 Å². The van der Waals surface area contributed by atoms with Crippen molar-refractivity contribution in [2.75, 3.05) is 18.0 Å². The Labute approximate surface area is 171 Å². The molecule has 0 aliphatic carbocycles. The monoisotopic (exact) mass is 407 g/mol. The van der Waals surface area contributed by atoms with Crippen LogP contribution < -0.4 is 10.5 Å². The van der Waals surface area contributed by atoms with Crippen molar-refractivity contribution in [2.45, 2.75) is 12.5 Å². The molecule has 0 spiro atoms. The Hall–Kier alpha value is -3.16. The Bertz CT molecular complexity index is 1230. The first-order valence-electron chi connectivity index (χ1n) is 9.34. The number of pyridine rings is 1. The van der Waals surface area contributed by atoms with Gasteiger partial charge in [-0.15, -0.1) is 0 Å². The van der Waals surface area contributed by atoms with Gasteiger partial charge in [-0.25, -0.2) is 9.50 Å². The van der Waals surface area contributed by atoms with Gasteiger partial charge in [0.15, 0.2) is 0 Å². The number of rotatable bonds is 3. The number of nitrogens with zero attached hydrogens (tertiary/aromatic N) is 5. The van der Waals surface area contributed by atoms with Gasteiger partial charge in [0.1, 0.15) is 17.7 Å². The third kappa shape index (κ3) is 3.28. The highest BCUT2D eigenvalue weighted by molar-refractivity contribution is 6.30. The Balaban J connectivity index is 1.50. The van der Waals surface area contributed by atoms with Crippen molar-refractivity contribution in [2.24, 2.45) is 0 Å². The molecule has 4 aromatic rings. The molecule has 1 aromatic carbocycles. The lowest BCUT2D eigenvalue weighted by Gasteiger charge is -2.16. The second kappa shape index (κ2) is 7.02. The molecule has 3 aromatic heterocycles. The lowest BCUT2D eigenvalue weighted by molar-refractivity contribution is 0.198. The molecule has 0 bridgehead atoms. The van der Waals surface area contributed by atoms with Crippen molar-refractivity contribution < 1.29 is 5.11 Å². The van der Waals surface area contributed by atoms with E-state index in [4.69, 9.17) is 11.6 Å². The summed E-state index contributed by atoms with van der Waals surface area (Å²) in [5, 5.41) is 14.7. The Kier molecular flexibility index (Phi) is 4.34. The molecular weight excluding hydrogens is 390 g/mol. The first-order chi connectivity index (χ1) is 14.1. The van der Waals surface area contributed by atoms with Gasteiger partial charge in [-0.05, 0) is 42.3 Å². The maximum atomic E-state index is 13.0. The molecule has 1 atom stereocenters. The fourth-order valence-electron chi connectivity index (χ4n) is 3.63. The van der Waals surface area contributed by atoms with E-state index in [9.17, 15) is 9.90 Å². The largest absolute Gasteiger partial charge is 0.391 e. The zero-order valence-corrected chi connectivity index (χ0v) is 16.2. The molecule has 1 saturated heterocycles. The van der Waals surface area contributed by atoms with Gasteiger partial charge in [0.25, 0.3) is 5.56 Å². The second-order valence-corrected chi connectivity index (χ2v) is 7.57. The fourth-order valence-corrected chi connectivity index (χ4v) is 3.76. The van der Waals surface area contributed by atoms with Crippen molar-refractivity contribution >= 4 is 22.9 Å². The summed E-state index contributed by atoms with van der Waals surface area (Å²) >= 11 is 5.96. The number of aliphatic hydroxyl groups excluding tert-OH is 1. The van der Waals surface area contributed by atoms with E-state index in [0.717, 1.165) is 29.9 Å². The minimum atomic E-state index is -0.310. The van der Waals surface area contributed by atoms with Crippen LogP contribution in [0.1, 0.15) is 6.42 Å². The van der Waals surface area contributed by atoms with Crippen LogP contribution in [0.3, 0.4) is 0 Å². The molecule has 146 valence electrons. The summed E-state index contributed by atoms with van der Waals surface area (Å²) in [4.78, 5) is 19.5. The predicted molar refractivity (Wildman–Crippen MR) is 112 cm³/mol. The number of fused-ring (bicyclic) bond motifs is 1. The molecule has 1 aliphatic heterocycles. The maximum Gasteiger partial charge on any atom is 0.282 e. The lowest BCUT2D eigenvalue weighted by atomic mass is 10.1. The summed E-state index contributed by atoms with van der Waals surface area (Å²) in [6.07, 6.45) is 5.41. The predicted octanol–water partition coefficient (Wildman–Crippen LogP) is 2.77. The van der Waals surface area contributed by atoms with Gasteiger partial charge in [0.2, 0.25) is 0 Å². The minimum absolute atomic E-state index is 0.175. The average Bonchev–Trinajstić information content (AvgIpc) is 3.36. The summed E-state index contributed by atoms with van der Waals surface area (Å²) in [6.45, 7) is 1.36. The van der Waals surface area contributed by atoms with E-state index in [2.05, 4.69) is 10.1 Å². The number of anilines is 1. The summed E-state index contributed by atoms with van der Waals surface area (Å²) < 4.78 is 3.06. The van der Waals surface area contributed by atoms with Gasteiger partial charge in [-0.1, -0.05) is 23.7 Å². The molecule has 5 rings (SSSR count). The van der Waals surface area contributed by atoms with E-state index < -0.39 is 0 Å². The average molecular weight is 408 g/mol. The van der Waals surface area contributed by atoms with E-state index in [1.165, 1.54) is 10.9 Å². The van der Waals surface area contributed by atoms with E-state index in [0.29, 0.717) is 22.8 Å². The van der Waals surface area contributed by atoms with Gasteiger partial charge < -0.3 is 10.0 Å². The first kappa shape index (κ1) is 17.9. The lowest BCUT2D eigenvalue weighted by Crippen LogP contribution is -2.23. The van der Waals surface area contributed by atoms with Crippen molar-refractivity contribution in [3.63, 3.8) is 0 Å². The van der Waals surface area contributed by atoms with E-state index in [-0.39, 0.29) is 11.7 Å². The van der Waals surface area contributed by atoms with Crippen molar-refractivity contribution in [1.29, 1.82) is 0 Å². The molecule has 0 saturated carbocycles. The fraction of sp³-hybridized carbons (Fsp3) is 0.190. The Morgan fingerprint density at radius 2 is 1.93 bits per heavy atom. The number of benzene rings is 1. The zero-order valence-electron chi connectivity index (χ0n) is 15.4. The van der Waals surface area contributed by atoms with Gasteiger partial charge in [-0.2, -0.15) is 5.10 Å². The normalized spacial score (nSPS) is 16.6. The molecule has 1 N–H and O–H groups in total. The molecule has 0 radical (unpaired) electrons. The number of halogens is 1. The highest BCUT2D eigenvalue weighted by atomic mass is 35.5. The van der Waals surface area contributed by atoms with Crippen LogP contribution in [0.4, 0.5) is 5.82 Å². The summed E-state index contributed by atoms with van der Waals surface area (Å²) in [5.41, 5.74) is 2.80. The van der Waals surface area contributed by atoms with Crippen LogP contribution in [-0.4, -0.2) is 43.5 Å². The van der Waals surface area contributed by atoms with Crippen LogP contribution in [0.25, 0.3) is 22.3 Å². The molecule has 1 unspecified atom stereocenters. The Morgan fingerprint density at radius 1 is 1.10 bits per heavy atom. The Morgan fingerprint density at radius 3 is 2.62 bits per heavy atom. The number of hydrogen-bond donors (Lipinski definition) is 1. The number of aromatic nitrogens is 4. The quantitative estimate of drug-likeness (QED) is 0.565. The number of β-amino-alcohol motifs (C(OH)–C–C–N with tert-alkyl or cyclic N) is 1. The van der Waals surface area contributed by atoms with Crippen molar-refractivity contribution in [3.05, 3.63) is 76.6 Å². The van der Waals surface area contributed by atoms with Gasteiger partial charge in [-0.3, -0.25) is 9.36 Å². The van der Waals surface area contributed by atoms with Crippen molar-refractivity contribution in [1.82, 2.24) is 19.2 Å². The van der Waals surface area contributed by atoms with Gasteiger partial charge >= 0.3 is 0 Å². The first-order valence-corrected chi connectivity index (χ1v) is 9.72. The van der Waals surface area contributed by atoms with Crippen LogP contribution in [0.2, 0.25) is 5.02 Å². The molecule has 1 fully saturated rings. The summed E-state index contributed by atoms with van der Waals surface area (Å²) in [6, 6.07) is 13.0. The molecule has 0 amide bonds. The smallest absolute Gasteiger partial charge is 0.282 e. The molecule has 1 aliphatic rings. The summed E-state index contributed by atoms with van der Waals surface area (Å²) in [7, 11) is 0. The number of aliphatic hydroxyl groups is 1. The third-order valence-electron chi connectivity index (χ3n) is 5.21. The molecule has 29 heavy (non-hydrogen) atoms. The van der Waals surface area contributed by atoms with Crippen LogP contribution in [0, 0.1) is 0 Å². The molecule has 7 nitrogen and oxygen atoms in total. The second-order valence-electron chi connectivity index (χ2n) is 7.13. The number of hydrogen-bond acceptors (Lipinski definition) is 5. The van der Waals surface area contributed by atoms with Crippen LogP contribution in [0.15, 0.2) is 66.0 Å². The van der Waals surface area contributed by atoms with E-state index in [1.54, 1.807) is 10.7 Å². The summed E-state index contributed by atoms with van der Waals surface area (Å²) in [5.74, 6) is 0.792. The van der Waals surface area contributed by atoms with E-state index in [1.807, 2.05) is 53.6 Å². The highest BCUT2D eigenvalue weighted by Crippen LogP contribution is 2.23. The minimum Gasteiger partial charge on any atom is -0.391 e. The van der Waals surface area contributed by atoms with Crippen molar-refractivity contribution in [3.8, 4) is 16.8 Å². The molecular formula is C21H18ClN5O2. The SMILES string of the molecule is O=c1c2cc(-c3ccc(Cl)cc3)cn2ncn1-c1ccc(N2CCC(O)C2)nc1. The molecule has 8 heteroatoms. The van der Waals surface area contributed by atoms with Gasteiger partial charge in [0.05, 0.1) is 18.0 Å². The topological polar surface area (TPSA) is 75.7 Å². The van der Waals surface area contributed by atoms with Crippen LogP contribution >= 0.6 is 11.6 Å². The van der Waals surface area contributed by atoms with Crippen LogP contribution in [0.5, 0.6) is 0 Å². The van der Waals surface area contributed by atoms with E-state index >= 15 is 0 Å². The van der Waals surface area contributed by atoms with Gasteiger partial charge in [0, 0.05) is 29.9 Å². The standard InChI is InChI=1S/C21H18ClN5O2/c22-16-3-1-14(2-4-16)15-9-19-21(29)26(13-24-27(19)11-15)17-5-6-20(23-10-17)25-8-7-18(28)12-25/h1-6,9-11,13,18,28H,7-8,12H2. The zero-order chi connectivity index (χ0) is 20.0. The molecule has 4 heterocycles. The maximum absolute atomic E-state index is 13.0. The third-order valence-corrected chi connectivity index (χ3v) is 5.46.